The van der Waals surface area contributed by atoms with Crippen molar-refractivity contribution in [1.29, 1.82) is 0 Å². The SMILES string of the molecule is Cc1ccc(CC(=O)C2CSC(C)C(C)S2)cc1. The van der Waals surface area contributed by atoms with Gasteiger partial charge < -0.3 is 0 Å². The van der Waals surface area contributed by atoms with E-state index < -0.39 is 0 Å². The average Bonchev–Trinajstić information content (AvgIpc) is 2.35. The van der Waals surface area contributed by atoms with Gasteiger partial charge in [0.15, 0.2) is 5.78 Å². The Labute approximate surface area is 118 Å². The lowest BCUT2D eigenvalue weighted by Crippen LogP contribution is -2.32. The topological polar surface area (TPSA) is 17.1 Å². The van der Waals surface area contributed by atoms with Crippen LogP contribution >= 0.6 is 23.5 Å². The van der Waals surface area contributed by atoms with Crippen molar-refractivity contribution in [2.24, 2.45) is 0 Å². The molecule has 18 heavy (non-hydrogen) atoms. The first-order chi connectivity index (χ1) is 8.56. The molecule has 2 rings (SSSR count). The van der Waals surface area contributed by atoms with Crippen molar-refractivity contribution in [1.82, 2.24) is 0 Å². The van der Waals surface area contributed by atoms with Crippen LogP contribution in [0.4, 0.5) is 0 Å². The molecular weight excluding hydrogens is 260 g/mol. The standard InChI is InChI=1S/C15H20OS2/c1-10-4-6-13(7-5-10)8-14(16)15-9-17-11(2)12(3)18-15/h4-7,11-12,15H,8-9H2,1-3H3. The summed E-state index contributed by atoms with van der Waals surface area (Å²) < 4.78 is 0. The molecule has 98 valence electrons. The third-order valence-corrected chi connectivity index (χ3v) is 6.85. The van der Waals surface area contributed by atoms with Gasteiger partial charge in [0.25, 0.3) is 0 Å². The van der Waals surface area contributed by atoms with E-state index in [2.05, 4.69) is 45.0 Å². The molecule has 0 amide bonds. The van der Waals surface area contributed by atoms with Crippen LogP contribution in [0.25, 0.3) is 0 Å². The van der Waals surface area contributed by atoms with E-state index in [9.17, 15) is 4.79 Å². The molecule has 1 aromatic rings. The van der Waals surface area contributed by atoms with Gasteiger partial charge in [-0.25, -0.2) is 0 Å². The Morgan fingerprint density at radius 2 is 1.89 bits per heavy atom. The predicted molar refractivity (Wildman–Crippen MR) is 82.7 cm³/mol. The largest absolute Gasteiger partial charge is 0.298 e. The van der Waals surface area contributed by atoms with Gasteiger partial charge in [-0.2, -0.15) is 11.8 Å². The molecule has 0 N–H and O–H groups in total. The van der Waals surface area contributed by atoms with Gasteiger partial charge in [-0.3, -0.25) is 4.79 Å². The zero-order valence-corrected chi connectivity index (χ0v) is 12.8. The zero-order valence-electron chi connectivity index (χ0n) is 11.2. The van der Waals surface area contributed by atoms with Crippen molar-refractivity contribution in [2.45, 2.75) is 42.9 Å². The highest BCUT2D eigenvalue weighted by Gasteiger charge is 2.29. The number of ketones is 1. The minimum absolute atomic E-state index is 0.183. The summed E-state index contributed by atoms with van der Waals surface area (Å²) in [6.45, 7) is 6.55. The number of hydrogen-bond acceptors (Lipinski definition) is 3. The van der Waals surface area contributed by atoms with Crippen LogP contribution in [0.5, 0.6) is 0 Å². The number of benzene rings is 1. The molecule has 1 saturated heterocycles. The molecule has 0 radical (unpaired) electrons. The molecule has 1 nitrogen and oxygen atoms in total. The molecule has 0 saturated carbocycles. The summed E-state index contributed by atoms with van der Waals surface area (Å²) in [5.74, 6) is 1.36. The Bertz CT molecular complexity index is 413. The number of Topliss-reactive ketones (excluding diaryl/α,β-unsaturated/α-hetero) is 1. The van der Waals surface area contributed by atoms with Crippen molar-refractivity contribution >= 4 is 29.3 Å². The first-order valence-electron chi connectivity index (χ1n) is 6.41. The van der Waals surface area contributed by atoms with Crippen molar-refractivity contribution in [2.75, 3.05) is 5.75 Å². The van der Waals surface area contributed by atoms with E-state index in [0.29, 0.717) is 22.7 Å². The zero-order chi connectivity index (χ0) is 13.1. The van der Waals surface area contributed by atoms with Gasteiger partial charge in [0, 0.05) is 22.7 Å². The van der Waals surface area contributed by atoms with Crippen molar-refractivity contribution in [3.05, 3.63) is 35.4 Å². The molecular formula is C15H20OS2. The summed E-state index contributed by atoms with van der Waals surface area (Å²) in [6, 6.07) is 8.30. The highest BCUT2D eigenvalue weighted by Crippen LogP contribution is 2.36. The van der Waals surface area contributed by atoms with Gasteiger partial charge >= 0.3 is 0 Å². The third-order valence-electron chi connectivity index (χ3n) is 3.41. The normalized spacial score (nSPS) is 28.1. The molecule has 1 heterocycles. The smallest absolute Gasteiger partial charge is 0.151 e. The van der Waals surface area contributed by atoms with Crippen LogP contribution in [-0.2, 0) is 11.2 Å². The molecule has 3 atom stereocenters. The molecule has 3 heteroatoms. The molecule has 1 aliphatic rings. The van der Waals surface area contributed by atoms with Crippen molar-refractivity contribution in [3.8, 4) is 0 Å². The monoisotopic (exact) mass is 280 g/mol. The van der Waals surface area contributed by atoms with Gasteiger partial charge in [-0.05, 0) is 12.5 Å². The summed E-state index contributed by atoms with van der Waals surface area (Å²) in [6.07, 6.45) is 0.583. The van der Waals surface area contributed by atoms with Crippen LogP contribution in [0, 0.1) is 6.92 Å². The van der Waals surface area contributed by atoms with Gasteiger partial charge in [0.1, 0.15) is 0 Å². The number of carbonyl (C=O) groups excluding carboxylic acids is 1. The maximum Gasteiger partial charge on any atom is 0.151 e. The van der Waals surface area contributed by atoms with Crippen LogP contribution in [0.15, 0.2) is 24.3 Å². The minimum Gasteiger partial charge on any atom is -0.298 e. The summed E-state index contributed by atoms with van der Waals surface area (Å²) in [5.41, 5.74) is 2.39. The van der Waals surface area contributed by atoms with Crippen LogP contribution in [0.3, 0.4) is 0 Å². The Morgan fingerprint density at radius 3 is 2.50 bits per heavy atom. The highest BCUT2D eigenvalue weighted by molar-refractivity contribution is 8.08. The van der Waals surface area contributed by atoms with E-state index in [1.807, 2.05) is 23.5 Å². The lowest BCUT2D eigenvalue weighted by Gasteiger charge is -2.30. The number of thioether (sulfide) groups is 2. The van der Waals surface area contributed by atoms with Crippen LogP contribution in [0.1, 0.15) is 25.0 Å². The van der Waals surface area contributed by atoms with Crippen molar-refractivity contribution in [3.63, 3.8) is 0 Å². The molecule has 3 unspecified atom stereocenters. The number of aryl methyl sites for hydroxylation is 1. The second kappa shape index (κ2) is 6.16. The number of hydrogen-bond donors (Lipinski definition) is 0. The quantitative estimate of drug-likeness (QED) is 0.840. The fourth-order valence-electron chi connectivity index (χ4n) is 1.97. The van der Waals surface area contributed by atoms with E-state index in [0.717, 1.165) is 11.3 Å². The summed E-state index contributed by atoms with van der Waals surface area (Å²) in [5, 5.41) is 1.43. The number of rotatable bonds is 3. The second-order valence-corrected chi connectivity index (χ2v) is 7.99. The van der Waals surface area contributed by atoms with Gasteiger partial charge in [-0.1, -0.05) is 43.7 Å². The highest BCUT2D eigenvalue weighted by atomic mass is 32.2. The van der Waals surface area contributed by atoms with E-state index >= 15 is 0 Å². The molecule has 0 bridgehead atoms. The van der Waals surface area contributed by atoms with Crippen LogP contribution < -0.4 is 0 Å². The van der Waals surface area contributed by atoms with E-state index in [1.54, 1.807) is 0 Å². The van der Waals surface area contributed by atoms with Gasteiger partial charge in [0.05, 0.1) is 5.25 Å². The third kappa shape index (κ3) is 3.55. The first-order valence-corrected chi connectivity index (χ1v) is 8.40. The summed E-state index contributed by atoms with van der Waals surface area (Å²) >= 11 is 3.79. The molecule has 0 aliphatic carbocycles. The molecule has 1 aromatic carbocycles. The Balaban J connectivity index is 1.94. The maximum absolute atomic E-state index is 12.3. The Kier molecular flexibility index (Phi) is 4.79. The second-order valence-electron chi connectivity index (χ2n) is 5.00. The van der Waals surface area contributed by atoms with Gasteiger partial charge in [-0.15, -0.1) is 11.8 Å². The van der Waals surface area contributed by atoms with E-state index in [-0.39, 0.29) is 5.25 Å². The first kappa shape index (κ1) is 14.0. The fourth-order valence-corrected chi connectivity index (χ4v) is 4.86. The van der Waals surface area contributed by atoms with Crippen molar-refractivity contribution < 1.29 is 4.79 Å². The molecule has 1 fully saturated rings. The van der Waals surface area contributed by atoms with Crippen LogP contribution in [-0.4, -0.2) is 27.3 Å². The molecule has 0 aromatic heterocycles. The molecule has 1 aliphatic heterocycles. The summed E-state index contributed by atoms with van der Waals surface area (Å²) in [7, 11) is 0. The Morgan fingerprint density at radius 1 is 1.22 bits per heavy atom. The minimum atomic E-state index is 0.183. The molecule has 0 spiro atoms. The number of carbonyl (C=O) groups is 1. The van der Waals surface area contributed by atoms with E-state index in [4.69, 9.17) is 0 Å². The predicted octanol–water partition coefficient (Wildman–Crippen LogP) is 3.73. The van der Waals surface area contributed by atoms with E-state index in [1.165, 1.54) is 5.56 Å². The maximum atomic E-state index is 12.3. The summed E-state index contributed by atoms with van der Waals surface area (Å²) in [4.78, 5) is 12.3. The Hall–Kier alpha value is -0.410. The average molecular weight is 280 g/mol. The lowest BCUT2D eigenvalue weighted by molar-refractivity contribution is -0.117. The van der Waals surface area contributed by atoms with Crippen LogP contribution in [0.2, 0.25) is 0 Å². The fraction of sp³-hybridized carbons (Fsp3) is 0.533. The van der Waals surface area contributed by atoms with Gasteiger partial charge in [0.2, 0.25) is 0 Å². The lowest BCUT2D eigenvalue weighted by atomic mass is 10.1.